The van der Waals surface area contributed by atoms with Gasteiger partial charge in [0.05, 0.1) is 7.11 Å². The Morgan fingerprint density at radius 2 is 1.67 bits per heavy atom. The van der Waals surface area contributed by atoms with Crippen LogP contribution in [0.3, 0.4) is 0 Å². The third-order valence-corrected chi connectivity index (χ3v) is 0.689. The Kier molecular flexibility index (Phi) is 32.3. The normalized spacial score (nSPS) is 9.33. The molecule has 0 heterocycles. The van der Waals surface area contributed by atoms with Crippen LogP contribution in [-0.4, -0.2) is 14.2 Å². The van der Waals surface area contributed by atoms with Crippen LogP contribution in [0.4, 0.5) is 0 Å². The van der Waals surface area contributed by atoms with Gasteiger partial charge in [0, 0.05) is 0 Å². The van der Waals surface area contributed by atoms with Gasteiger partial charge >= 0.3 is 0 Å². The Labute approximate surface area is 76.1 Å². The van der Waals surface area contributed by atoms with Crippen molar-refractivity contribution in [2.45, 2.75) is 20.8 Å². The number of methoxy groups -OCH3 is 1. The molecule has 0 aliphatic carbocycles. The van der Waals surface area contributed by atoms with E-state index in [9.17, 15) is 0 Å². The Hall–Kier alpha value is -0.960. The van der Waals surface area contributed by atoms with E-state index in [0.29, 0.717) is 5.88 Å². The zero-order chi connectivity index (χ0) is 10.4. The fraction of sp³-hybridized carbons (Fsp3) is 0.556. The quantitative estimate of drug-likeness (QED) is 0.494. The van der Waals surface area contributed by atoms with Crippen LogP contribution in [0.2, 0.25) is 0 Å². The summed E-state index contributed by atoms with van der Waals surface area (Å²) >= 11 is 0. The van der Waals surface area contributed by atoms with Crippen molar-refractivity contribution in [3.63, 3.8) is 0 Å². The van der Waals surface area contributed by atoms with Gasteiger partial charge in [0.25, 0.3) is 0 Å². The lowest BCUT2D eigenvalue weighted by atomic mass is 10.5. The Balaban J connectivity index is -0.000000175. The fourth-order valence-electron chi connectivity index (χ4n) is 0.259. The van der Waals surface area contributed by atoms with Crippen molar-refractivity contribution in [1.29, 1.82) is 0 Å². The maximum atomic E-state index is 5.25. The van der Waals surface area contributed by atoms with E-state index in [2.05, 4.69) is 10.5 Å². The first-order chi connectivity index (χ1) is 5.81. The van der Waals surface area contributed by atoms with E-state index in [4.69, 9.17) is 5.73 Å². The van der Waals surface area contributed by atoms with Crippen LogP contribution >= 0.6 is 0 Å². The van der Waals surface area contributed by atoms with Crippen molar-refractivity contribution >= 4 is 0 Å². The third-order valence-electron chi connectivity index (χ3n) is 0.689. The summed E-state index contributed by atoms with van der Waals surface area (Å²) in [5.41, 5.74) is 9.75. The van der Waals surface area contributed by atoms with Gasteiger partial charge in [-0.3, -0.25) is 0 Å². The Morgan fingerprint density at radius 3 is 1.92 bits per heavy atom. The van der Waals surface area contributed by atoms with Crippen LogP contribution in [0.15, 0.2) is 24.1 Å². The number of nitrogens with two attached hydrogens (primary N) is 2. The lowest BCUT2D eigenvalue weighted by Crippen LogP contribution is -1.97. The van der Waals surface area contributed by atoms with Crippen LogP contribution in [0.25, 0.3) is 0 Å². The Bertz CT molecular complexity index is 109. The maximum Gasteiger partial charge on any atom is 0.183 e. The average molecular weight is 174 g/mol. The molecule has 0 aromatic rings. The van der Waals surface area contributed by atoms with Gasteiger partial charge in [-0.2, -0.15) is 0 Å². The first-order valence-corrected chi connectivity index (χ1v) is 4.01. The molecule has 3 nitrogen and oxygen atoms in total. The second-order valence-corrected chi connectivity index (χ2v) is 1.30. The molecule has 0 saturated carbocycles. The molecule has 0 aliphatic heterocycles. The van der Waals surface area contributed by atoms with E-state index < -0.39 is 0 Å². The number of ether oxygens (including phenoxy) is 1. The number of rotatable bonds is 2. The molecule has 0 atom stereocenters. The third kappa shape index (κ3) is 23.0. The van der Waals surface area contributed by atoms with E-state index in [1.54, 1.807) is 6.08 Å². The zero-order valence-electron chi connectivity index (χ0n) is 8.79. The summed E-state index contributed by atoms with van der Waals surface area (Å²) in [6.07, 6.45) is 5.39. The number of hydrogen-bond acceptors (Lipinski definition) is 3. The second-order valence-electron chi connectivity index (χ2n) is 1.30. The van der Waals surface area contributed by atoms with Crippen LogP contribution in [0, 0.1) is 0 Å². The minimum atomic E-state index is 0.433. The maximum absolute atomic E-state index is 5.25. The standard InChI is InChI=1S/C6H11NO.C2H6.CH5N/c1-3-4-5-6(7)8-2;2*1-2/h3-5H,7H2,1-2H3;1-2H3;2H2,1H3/b4-3-,6-5+;;. The van der Waals surface area contributed by atoms with Gasteiger partial charge in [-0.15, -0.1) is 0 Å². The molecule has 0 aromatic carbocycles. The molecule has 4 N–H and O–H groups in total. The van der Waals surface area contributed by atoms with E-state index in [1.807, 2.05) is 32.9 Å². The average Bonchev–Trinajstić information content (AvgIpc) is 2.20. The largest absolute Gasteiger partial charge is 0.483 e. The summed E-state index contributed by atoms with van der Waals surface area (Å²) < 4.78 is 4.64. The van der Waals surface area contributed by atoms with E-state index in [-0.39, 0.29) is 0 Å². The highest BCUT2D eigenvalue weighted by Gasteiger charge is 1.75. The van der Waals surface area contributed by atoms with Crippen molar-refractivity contribution in [2.75, 3.05) is 14.2 Å². The summed E-state index contributed by atoms with van der Waals surface area (Å²) in [7, 11) is 3.04. The lowest BCUT2D eigenvalue weighted by Gasteiger charge is -1.92. The molecule has 0 fully saturated rings. The molecule has 0 radical (unpaired) electrons. The monoisotopic (exact) mass is 174 g/mol. The molecule has 0 bridgehead atoms. The van der Waals surface area contributed by atoms with E-state index in [1.165, 1.54) is 14.2 Å². The predicted octanol–water partition coefficient (Wildman–Crippen LogP) is 1.61. The van der Waals surface area contributed by atoms with Crippen LogP contribution in [0.5, 0.6) is 0 Å². The fourth-order valence-corrected chi connectivity index (χ4v) is 0.259. The number of allylic oxidation sites excluding steroid dienone is 3. The van der Waals surface area contributed by atoms with Crippen molar-refractivity contribution in [3.05, 3.63) is 24.1 Å². The SMILES string of the molecule is C/C=C\C=C(/N)OC.CC.CN. The molecular formula is C9H22N2O. The van der Waals surface area contributed by atoms with Crippen molar-refractivity contribution < 1.29 is 4.74 Å². The molecule has 0 aromatic heterocycles. The van der Waals surface area contributed by atoms with Gasteiger partial charge in [0.15, 0.2) is 5.88 Å². The molecular weight excluding hydrogens is 152 g/mol. The van der Waals surface area contributed by atoms with Gasteiger partial charge in [0.2, 0.25) is 0 Å². The lowest BCUT2D eigenvalue weighted by molar-refractivity contribution is 0.287. The number of hydrogen-bond donors (Lipinski definition) is 2. The predicted molar refractivity (Wildman–Crippen MR) is 55.6 cm³/mol. The molecule has 0 spiro atoms. The highest BCUT2D eigenvalue weighted by Crippen LogP contribution is 1.83. The Morgan fingerprint density at radius 1 is 1.25 bits per heavy atom. The van der Waals surface area contributed by atoms with Gasteiger partial charge < -0.3 is 16.2 Å². The molecule has 12 heavy (non-hydrogen) atoms. The smallest absolute Gasteiger partial charge is 0.183 e. The van der Waals surface area contributed by atoms with Gasteiger partial charge in [0.1, 0.15) is 0 Å². The summed E-state index contributed by atoms with van der Waals surface area (Å²) in [5.74, 6) is 0.433. The molecule has 0 saturated heterocycles. The van der Waals surface area contributed by atoms with Crippen molar-refractivity contribution in [2.24, 2.45) is 11.5 Å². The summed E-state index contributed by atoms with van der Waals surface area (Å²) in [4.78, 5) is 0. The second kappa shape index (κ2) is 22.5. The molecule has 3 heteroatoms. The summed E-state index contributed by atoms with van der Waals surface area (Å²) in [6.45, 7) is 5.92. The summed E-state index contributed by atoms with van der Waals surface area (Å²) in [6, 6.07) is 0. The zero-order valence-corrected chi connectivity index (χ0v) is 8.79. The molecule has 0 rings (SSSR count). The highest BCUT2D eigenvalue weighted by molar-refractivity contribution is 5.03. The van der Waals surface area contributed by atoms with E-state index in [0.717, 1.165) is 0 Å². The minimum absolute atomic E-state index is 0.433. The van der Waals surface area contributed by atoms with Crippen LogP contribution in [0.1, 0.15) is 20.8 Å². The van der Waals surface area contributed by atoms with E-state index >= 15 is 0 Å². The molecule has 0 unspecified atom stereocenters. The topological polar surface area (TPSA) is 61.3 Å². The summed E-state index contributed by atoms with van der Waals surface area (Å²) in [5, 5.41) is 0. The highest BCUT2D eigenvalue weighted by atomic mass is 16.5. The van der Waals surface area contributed by atoms with Gasteiger partial charge in [-0.1, -0.05) is 26.0 Å². The van der Waals surface area contributed by atoms with Crippen LogP contribution < -0.4 is 11.5 Å². The molecule has 0 amide bonds. The van der Waals surface area contributed by atoms with Gasteiger partial charge in [-0.25, -0.2) is 0 Å². The van der Waals surface area contributed by atoms with Gasteiger partial charge in [-0.05, 0) is 20.0 Å². The first kappa shape index (κ1) is 17.2. The molecule has 74 valence electrons. The van der Waals surface area contributed by atoms with Crippen LogP contribution in [-0.2, 0) is 4.74 Å². The minimum Gasteiger partial charge on any atom is -0.483 e. The van der Waals surface area contributed by atoms with Crippen molar-refractivity contribution in [1.82, 2.24) is 0 Å². The van der Waals surface area contributed by atoms with Crippen molar-refractivity contribution in [3.8, 4) is 0 Å². The molecule has 0 aliphatic rings. The first-order valence-electron chi connectivity index (χ1n) is 4.01.